The van der Waals surface area contributed by atoms with Gasteiger partial charge in [-0.1, -0.05) is 29.8 Å². The Hall–Kier alpha value is -2.46. The fourth-order valence-corrected chi connectivity index (χ4v) is 2.12. The predicted octanol–water partition coefficient (Wildman–Crippen LogP) is 2.71. The molecule has 3 aromatic rings. The van der Waals surface area contributed by atoms with Crippen LogP contribution in [0.2, 0.25) is 0 Å². The standard InChI is InChI=1S/C16H14N2O2/c1-10-2-4-11(5-3-10)16-17-13-7-6-12(15(20)9-19)8-14(13)18-16/h2-8,19H,9H2,1H3,(H,17,18). The summed E-state index contributed by atoms with van der Waals surface area (Å²) in [7, 11) is 0. The largest absolute Gasteiger partial charge is 0.388 e. The molecule has 0 bridgehead atoms. The van der Waals surface area contributed by atoms with Gasteiger partial charge in [0.15, 0.2) is 5.78 Å². The van der Waals surface area contributed by atoms with Crippen molar-refractivity contribution in [1.29, 1.82) is 0 Å². The lowest BCUT2D eigenvalue weighted by atomic mass is 10.1. The van der Waals surface area contributed by atoms with Crippen LogP contribution < -0.4 is 0 Å². The smallest absolute Gasteiger partial charge is 0.188 e. The zero-order chi connectivity index (χ0) is 14.1. The number of ketones is 1. The molecule has 0 saturated carbocycles. The summed E-state index contributed by atoms with van der Waals surface area (Å²) in [6, 6.07) is 13.3. The first-order valence-electron chi connectivity index (χ1n) is 6.38. The maximum atomic E-state index is 11.5. The maximum Gasteiger partial charge on any atom is 0.188 e. The van der Waals surface area contributed by atoms with Crippen LogP contribution in [0.3, 0.4) is 0 Å². The Morgan fingerprint density at radius 1 is 1.20 bits per heavy atom. The molecular formula is C16H14N2O2. The van der Waals surface area contributed by atoms with Gasteiger partial charge in [0.25, 0.3) is 0 Å². The van der Waals surface area contributed by atoms with Gasteiger partial charge in [-0.2, -0.15) is 0 Å². The van der Waals surface area contributed by atoms with Gasteiger partial charge in [-0.05, 0) is 25.1 Å². The summed E-state index contributed by atoms with van der Waals surface area (Å²) < 4.78 is 0. The fraction of sp³-hybridized carbons (Fsp3) is 0.125. The van der Waals surface area contributed by atoms with Crippen LogP contribution in [0.1, 0.15) is 15.9 Å². The lowest BCUT2D eigenvalue weighted by Crippen LogP contribution is -2.03. The van der Waals surface area contributed by atoms with E-state index in [4.69, 9.17) is 5.11 Å². The molecule has 3 rings (SSSR count). The number of nitrogens with one attached hydrogen (secondary N) is 1. The molecule has 1 aromatic heterocycles. The highest BCUT2D eigenvalue weighted by Crippen LogP contribution is 2.21. The number of aromatic amines is 1. The van der Waals surface area contributed by atoms with Crippen molar-refractivity contribution in [2.45, 2.75) is 6.92 Å². The number of rotatable bonds is 3. The highest BCUT2D eigenvalue weighted by atomic mass is 16.3. The van der Waals surface area contributed by atoms with E-state index in [0.717, 1.165) is 22.4 Å². The minimum Gasteiger partial charge on any atom is -0.388 e. The molecule has 0 saturated heterocycles. The van der Waals surface area contributed by atoms with E-state index in [-0.39, 0.29) is 5.78 Å². The van der Waals surface area contributed by atoms with Crippen molar-refractivity contribution in [2.75, 3.05) is 6.61 Å². The van der Waals surface area contributed by atoms with E-state index in [9.17, 15) is 4.79 Å². The Morgan fingerprint density at radius 2 is 1.95 bits per heavy atom. The van der Waals surface area contributed by atoms with Crippen LogP contribution in [0.5, 0.6) is 0 Å². The molecule has 4 heteroatoms. The molecule has 0 amide bonds. The van der Waals surface area contributed by atoms with E-state index in [2.05, 4.69) is 9.97 Å². The Labute approximate surface area is 116 Å². The molecule has 0 spiro atoms. The first-order chi connectivity index (χ1) is 9.67. The molecule has 2 aromatic carbocycles. The van der Waals surface area contributed by atoms with Gasteiger partial charge in [-0.15, -0.1) is 0 Å². The molecule has 0 aliphatic heterocycles. The monoisotopic (exact) mass is 266 g/mol. The van der Waals surface area contributed by atoms with Gasteiger partial charge < -0.3 is 10.1 Å². The minimum absolute atomic E-state index is 0.293. The second-order valence-corrected chi connectivity index (χ2v) is 4.76. The summed E-state index contributed by atoms with van der Waals surface area (Å²) in [4.78, 5) is 19.2. The number of Topliss-reactive ketones (excluding diaryl/α,β-unsaturated/α-hetero) is 1. The summed E-state index contributed by atoms with van der Waals surface area (Å²) in [6.45, 7) is 1.56. The molecule has 0 unspecified atom stereocenters. The van der Waals surface area contributed by atoms with Crippen molar-refractivity contribution in [3.05, 3.63) is 53.6 Å². The van der Waals surface area contributed by atoms with Crippen molar-refractivity contribution >= 4 is 16.8 Å². The van der Waals surface area contributed by atoms with Crippen molar-refractivity contribution in [3.63, 3.8) is 0 Å². The summed E-state index contributed by atoms with van der Waals surface area (Å²) in [5.41, 5.74) is 4.27. The number of aliphatic hydroxyl groups is 1. The van der Waals surface area contributed by atoms with E-state index in [1.807, 2.05) is 31.2 Å². The minimum atomic E-state index is -0.482. The number of carbonyl (C=O) groups is 1. The van der Waals surface area contributed by atoms with Crippen LogP contribution >= 0.6 is 0 Å². The molecule has 4 nitrogen and oxygen atoms in total. The molecule has 0 radical (unpaired) electrons. The highest BCUT2D eigenvalue weighted by Gasteiger charge is 2.09. The Morgan fingerprint density at radius 3 is 2.65 bits per heavy atom. The quantitative estimate of drug-likeness (QED) is 0.716. The lowest BCUT2D eigenvalue weighted by Gasteiger charge is -1.97. The molecule has 0 atom stereocenters. The molecule has 0 aliphatic rings. The SMILES string of the molecule is Cc1ccc(-c2nc3ccc(C(=O)CO)cc3[nH]2)cc1. The number of imidazole rings is 1. The van der Waals surface area contributed by atoms with Gasteiger partial charge in [0.1, 0.15) is 12.4 Å². The Kier molecular flexibility index (Phi) is 3.08. The van der Waals surface area contributed by atoms with E-state index in [0.29, 0.717) is 5.56 Å². The predicted molar refractivity (Wildman–Crippen MR) is 77.7 cm³/mol. The molecule has 100 valence electrons. The summed E-state index contributed by atoms with van der Waals surface area (Å²) in [5, 5.41) is 8.89. The zero-order valence-electron chi connectivity index (χ0n) is 11.1. The van der Waals surface area contributed by atoms with Crippen LogP contribution in [0.25, 0.3) is 22.4 Å². The van der Waals surface area contributed by atoms with Gasteiger partial charge >= 0.3 is 0 Å². The summed E-state index contributed by atoms with van der Waals surface area (Å²) in [5.74, 6) is 0.479. The second kappa shape index (κ2) is 4.90. The number of aliphatic hydroxyl groups excluding tert-OH is 1. The number of carbonyl (C=O) groups excluding carboxylic acids is 1. The first-order valence-corrected chi connectivity index (χ1v) is 6.38. The average Bonchev–Trinajstić information content (AvgIpc) is 2.90. The molecule has 20 heavy (non-hydrogen) atoms. The number of nitrogens with zero attached hydrogens (tertiary/aromatic N) is 1. The fourth-order valence-electron chi connectivity index (χ4n) is 2.12. The third-order valence-electron chi connectivity index (χ3n) is 3.27. The normalized spacial score (nSPS) is 10.9. The van der Waals surface area contributed by atoms with Crippen molar-refractivity contribution < 1.29 is 9.90 Å². The van der Waals surface area contributed by atoms with E-state index < -0.39 is 6.61 Å². The van der Waals surface area contributed by atoms with Crippen molar-refractivity contribution in [1.82, 2.24) is 9.97 Å². The van der Waals surface area contributed by atoms with Crippen molar-refractivity contribution in [3.8, 4) is 11.4 Å². The summed E-state index contributed by atoms with van der Waals surface area (Å²) >= 11 is 0. The molecule has 1 heterocycles. The number of hydrogen-bond acceptors (Lipinski definition) is 3. The zero-order valence-corrected chi connectivity index (χ0v) is 11.1. The van der Waals surface area contributed by atoms with E-state index >= 15 is 0 Å². The van der Waals surface area contributed by atoms with Crippen LogP contribution in [-0.4, -0.2) is 27.5 Å². The summed E-state index contributed by atoms with van der Waals surface area (Å²) in [6.07, 6.45) is 0. The first kappa shape index (κ1) is 12.6. The van der Waals surface area contributed by atoms with Gasteiger partial charge in [0, 0.05) is 11.1 Å². The van der Waals surface area contributed by atoms with Gasteiger partial charge in [0.2, 0.25) is 0 Å². The maximum absolute atomic E-state index is 11.5. The third-order valence-corrected chi connectivity index (χ3v) is 3.27. The topological polar surface area (TPSA) is 66.0 Å². The van der Waals surface area contributed by atoms with Crippen molar-refractivity contribution in [2.24, 2.45) is 0 Å². The molecular weight excluding hydrogens is 252 g/mol. The van der Waals surface area contributed by atoms with E-state index in [1.54, 1.807) is 18.2 Å². The third kappa shape index (κ3) is 2.21. The number of H-pyrrole nitrogens is 1. The second-order valence-electron chi connectivity index (χ2n) is 4.76. The van der Waals surface area contributed by atoms with Gasteiger partial charge in [-0.3, -0.25) is 4.79 Å². The van der Waals surface area contributed by atoms with Gasteiger partial charge in [-0.25, -0.2) is 4.98 Å². The Bertz CT molecular complexity index is 773. The Balaban J connectivity index is 2.06. The average molecular weight is 266 g/mol. The number of benzene rings is 2. The molecule has 2 N–H and O–H groups in total. The van der Waals surface area contributed by atoms with Crippen LogP contribution in [-0.2, 0) is 0 Å². The highest BCUT2D eigenvalue weighted by molar-refractivity contribution is 5.99. The number of fused-ring (bicyclic) bond motifs is 1. The molecule has 0 aliphatic carbocycles. The van der Waals surface area contributed by atoms with Crippen LogP contribution in [0, 0.1) is 6.92 Å². The van der Waals surface area contributed by atoms with Gasteiger partial charge in [0.05, 0.1) is 11.0 Å². The number of aryl methyl sites for hydroxylation is 1. The van der Waals surface area contributed by atoms with Crippen LogP contribution in [0.15, 0.2) is 42.5 Å². The lowest BCUT2D eigenvalue weighted by molar-refractivity contribution is 0.0904. The molecule has 0 fully saturated rings. The number of aromatic nitrogens is 2. The van der Waals surface area contributed by atoms with Crippen LogP contribution in [0.4, 0.5) is 0 Å². The number of hydrogen-bond donors (Lipinski definition) is 2. The van der Waals surface area contributed by atoms with E-state index in [1.165, 1.54) is 5.56 Å².